The molecule has 27 heavy (non-hydrogen) atoms. The average molecular weight is 389 g/mol. The van der Waals surface area contributed by atoms with E-state index in [1.807, 2.05) is 38.1 Å². The van der Waals surface area contributed by atoms with Crippen molar-refractivity contribution in [2.75, 3.05) is 18.5 Å². The Kier molecular flexibility index (Phi) is 7.12. The molecule has 6 nitrogen and oxygen atoms in total. The van der Waals surface area contributed by atoms with E-state index in [1.165, 1.54) is 11.3 Å². The van der Waals surface area contributed by atoms with Gasteiger partial charge in [-0.1, -0.05) is 24.3 Å². The van der Waals surface area contributed by atoms with Crippen LogP contribution in [0.25, 0.3) is 0 Å². The van der Waals surface area contributed by atoms with E-state index in [4.69, 9.17) is 9.47 Å². The van der Waals surface area contributed by atoms with Crippen molar-refractivity contribution in [3.8, 4) is 0 Å². The fourth-order valence-corrected chi connectivity index (χ4v) is 3.55. The Balaban J connectivity index is 1.96. The Morgan fingerprint density at radius 1 is 1.07 bits per heavy atom. The molecule has 1 N–H and O–H groups in total. The van der Waals surface area contributed by atoms with Gasteiger partial charge >= 0.3 is 11.9 Å². The number of benzene rings is 1. The Bertz CT molecular complexity index is 856. The van der Waals surface area contributed by atoms with Gasteiger partial charge in [0.15, 0.2) is 6.61 Å². The molecule has 0 aliphatic heterocycles. The Labute approximate surface area is 162 Å². The van der Waals surface area contributed by atoms with Crippen LogP contribution < -0.4 is 5.32 Å². The van der Waals surface area contributed by atoms with Crippen LogP contribution in [0.3, 0.4) is 0 Å². The molecule has 7 heteroatoms. The van der Waals surface area contributed by atoms with Crippen molar-refractivity contribution in [2.24, 2.45) is 0 Å². The van der Waals surface area contributed by atoms with E-state index in [2.05, 4.69) is 5.32 Å². The molecular weight excluding hydrogens is 366 g/mol. The van der Waals surface area contributed by atoms with Gasteiger partial charge in [-0.2, -0.15) is 0 Å². The van der Waals surface area contributed by atoms with Crippen LogP contribution in [0.1, 0.15) is 38.8 Å². The molecule has 0 saturated heterocycles. The van der Waals surface area contributed by atoms with Crippen molar-refractivity contribution < 1.29 is 23.9 Å². The summed E-state index contributed by atoms with van der Waals surface area (Å²) in [5.41, 5.74) is 2.96. The van der Waals surface area contributed by atoms with E-state index in [-0.39, 0.29) is 13.0 Å². The van der Waals surface area contributed by atoms with Crippen LogP contribution in [0, 0.1) is 20.8 Å². The SMILES string of the molecule is CCOC(=O)c1c(NC(=O)COC(=O)Cc2ccccc2C)sc(C)c1C. The van der Waals surface area contributed by atoms with E-state index in [9.17, 15) is 14.4 Å². The first-order chi connectivity index (χ1) is 12.8. The maximum absolute atomic E-state index is 12.2. The predicted octanol–water partition coefficient (Wildman–Crippen LogP) is 3.57. The maximum atomic E-state index is 12.2. The molecule has 2 aromatic rings. The second-order valence-corrected chi connectivity index (χ2v) is 7.24. The van der Waals surface area contributed by atoms with Gasteiger partial charge in [0.25, 0.3) is 5.91 Å². The Morgan fingerprint density at radius 3 is 2.44 bits per heavy atom. The molecule has 0 radical (unpaired) electrons. The van der Waals surface area contributed by atoms with E-state index in [1.54, 1.807) is 13.8 Å². The predicted molar refractivity (Wildman–Crippen MR) is 104 cm³/mol. The normalized spacial score (nSPS) is 10.4. The third kappa shape index (κ3) is 5.40. The third-order valence-corrected chi connectivity index (χ3v) is 5.20. The van der Waals surface area contributed by atoms with Crippen molar-refractivity contribution in [3.63, 3.8) is 0 Å². The number of hydrogen-bond donors (Lipinski definition) is 1. The number of esters is 2. The van der Waals surface area contributed by atoms with Crippen molar-refractivity contribution in [3.05, 3.63) is 51.4 Å². The van der Waals surface area contributed by atoms with Gasteiger partial charge in [-0.3, -0.25) is 9.59 Å². The minimum atomic E-state index is -0.500. The lowest BCUT2D eigenvalue weighted by molar-refractivity contribution is -0.146. The molecule has 0 bridgehead atoms. The van der Waals surface area contributed by atoms with Crippen molar-refractivity contribution in [1.82, 2.24) is 0 Å². The molecule has 1 amide bonds. The largest absolute Gasteiger partial charge is 0.462 e. The number of amides is 1. The van der Waals surface area contributed by atoms with E-state index >= 15 is 0 Å². The number of carbonyl (C=O) groups is 3. The minimum absolute atomic E-state index is 0.102. The van der Waals surface area contributed by atoms with Gasteiger partial charge in [-0.15, -0.1) is 11.3 Å². The van der Waals surface area contributed by atoms with Gasteiger partial charge in [-0.25, -0.2) is 4.79 Å². The summed E-state index contributed by atoms with van der Waals surface area (Å²) in [6.45, 7) is 7.13. The summed E-state index contributed by atoms with van der Waals surface area (Å²) in [6.07, 6.45) is 0.102. The molecule has 144 valence electrons. The fourth-order valence-electron chi connectivity index (χ4n) is 2.49. The van der Waals surface area contributed by atoms with Gasteiger partial charge in [0, 0.05) is 4.88 Å². The highest BCUT2D eigenvalue weighted by atomic mass is 32.1. The first-order valence-electron chi connectivity index (χ1n) is 8.60. The zero-order valence-corrected chi connectivity index (χ0v) is 16.7. The molecule has 2 rings (SSSR count). The number of hydrogen-bond acceptors (Lipinski definition) is 6. The van der Waals surface area contributed by atoms with E-state index < -0.39 is 24.5 Å². The number of ether oxygens (including phenoxy) is 2. The van der Waals surface area contributed by atoms with Crippen molar-refractivity contribution >= 4 is 34.2 Å². The van der Waals surface area contributed by atoms with Crippen LogP contribution in [-0.2, 0) is 25.5 Å². The molecule has 0 aliphatic carbocycles. The highest BCUT2D eigenvalue weighted by Gasteiger charge is 2.22. The zero-order valence-electron chi connectivity index (χ0n) is 15.9. The second-order valence-electron chi connectivity index (χ2n) is 6.02. The third-order valence-electron chi connectivity index (χ3n) is 4.08. The topological polar surface area (TPSA) is 81.7 Å². The molecule has 0 saturated carbocycles. The van der Waals surface area contributed by atoms with E-state index in [0.717, 1.165) is 21.6 Å². The van der Waals surface area contributed by atoms with Gasteiger partial charge in [0.05, 0.1) is 18.6 Å². The number of aryl methyl sites for hydroxylation is 2. The van der Waals surface area contributed by atoms with Crippen LogP contribution >= 0.6 is 11.3 Å². The minimum Gasteiger partial charge on any atom is -0.462 e. The monoisotopic (exact) mass is 389 g/mol. The molecule has 0 unspecified atom stereocenters. The molecule has 1 heterocycles. The number of anilines is 1. The van der Waals surface area contributed by atoms with E-state index in [0.29, 0.717) is 10.6 Å². The summed E-state index contributed by atoms with van der Waals surface area (Å²) >= 11 is 1.29. The van der Waals surface area contributed by atoms with Gasteiger partial charge in [-0.05, 0) is 44.4 Å². The number of thiophene rings is 1. The van der Waals surface area contributed by atoms with Gasteiger partial charge in [0.1, 0.15) is 5.00 Å². The van der Waals surface area contributed by atoms with Crippen molar-refractivity contribution in [2.45, 2.75) is 34.1 Å². The molecule has 0 atom stereocenters. The van der Waals surface area contributed by atoms with Gasteiger partial charge in [0.2, 0.25) is 0 Å². The number of carbonyl (C=O) groups excluding carboxylic acids is 3. The first-order valence-corrected chi connectivity index (χ1v) is 9.42. The highest BCUT2D eigenvalue weighted by molar-refractivity contribution is 7.16. The molecule has 1 aromatic heterocycles. The van der Waals surface area contributed by atoms with Crippen molar-refractivity contribution in [1.29, 1.82) is 0 Å². The van der Waals surface area contributed by atoms with Crippen LogP contribution in [0.15, 0.2) is 24.3 Å². The summed E-state index contributed by atoms with van der Waals surface area (Å²) in [6, 6.07) is 7.50. The zero-order chi connectivity index (χ0) is 20.0. The average Bonchev–Trinajstić information content (AvgIpc) is 2.89. The summed E-state index contributed by atoms with van der Waals surface area (Å²) in [4.78, 5) is 37.2. The molecule has 0 spiro atoms. The molecule has 0 fully saturated rings. The molecule has 0 aliphatic rings. The Morgan fingerprint density at radius 2 is 1.78 bits per heavy atom. The summed E-state index contributed by atoms with van der Waals surface area (Å²) in [7, 11) is 0. The first kappa shape index (κ1) is 20.6. The molecular formula is C20H23NO5S. The lowest BCUT2D eigenvalue weighted by Crippen LogP contribution is -2.22. The standard InChI is InChI=1S/C20H23NO5S/c1-5-25-20(24)18-13(3)14(4)27-19(18)21-16(22)11-26-17(23)10-15-9-7-6-8-12(15)2/h6-9H,5,10-11H2,1-4H3,(H,21,22). The number of rotatable bonds is 7. The Hall–Kier alpha value is -2.67. The quantitative estimate of drug-likeness (QED) is 0.732. The highest BCUT2D eigenvalue weighted by Crippen LogP contribution is 2.33. The lowest BCUT2D eigenvalue weighted by atomic mass is 10.1. The maximum Gasteiger partial charge on any atom is 0.341 e. The molecule has 1 aromatic carbocycles. The summed E-state index contributed by atoms with van der Waals surface area (Å²) in [5.74, 6) is -1.46. The lowest BCUT2D eigenvalue weighted by Gasteiger charge is -2.08. The van der Waals surface area contributed by atoms with Gasteiger partial charge < -0.3 is 14.8 Å². The van der Waals surface area contributed by atoms with Crippen LogP contribution in [0.5, 0.6) is 0 Å². The fraction of sp³-hybridized carbons (Fsp3) is 0.350. The summed E-state index contributed by atoms with van der Waals surface area (Å²) < 4.78 is 10.1. The smallest absolute Gasteiger partial charge is 0.341 e. The summed E-state index contributed by atoms with van der Waals surface area (Å²) in [5, 5.41) is 3.05. The van der Waals surface area contributed by atoms with Crippen LogP contribution in [-0.4, -0.2) is 31.1 Å². The van der Waals surface area contributed by atoms with Crippen LogP contribution in [0.2, 0.25) is 0 Å². The second kappa shape index (κ2) is 9.32. The number of nitrogens with one attached hydrogen (secondary N) is 1. The van der Waals surface area contributed by atoms with Crippen LogP contribution in [0.4, 0.5) is 5.00 Å².